The third-order valence-corrected chi connectivity index (χ3v) is 2.92. The van der Waals surface area contributed by atoms with E-state index in [2.05, 4.69) is 5.32 Å². The Morgan fingerprint density at radius 1 is 1.56 bits per heavy atom. The summed E-state index contributed by atoms with van der Waals surface area (Å²) in [5.74, 6) is -1.22. The molecule has 0 aromatic heterocycles. The lowest BCUT2D eigenvalue weighted by Crippen LogP contribution is -2.06. The average molecular weight is 223 g/mol. The maximum atomic E-state index is 13.2. The highest BCUT2D eigenvalue weighted by Gasteiger charge is 2.21. The van der Waals surface area contributed by atoms with Gasteiger partial charge in [0.15, 0.2) is 0 Å². The molecule has 4 heteroatoms. The summed E-state index contributed by atoms with van der Waals surface area (Å²) >= 11 is 0. The van der Waals surface area contributed by atoms with E-state index in [4.69, 9.17) is 5.11 Å². The second-order valence-corrected chi connectivity index (χ2v) is 4.10. The highest BCUT2D eigenvalue weighted by atomic mass is 19.1. The summed E-state index contributed by atoms with van der Waals surface area (Å²) in [4.78, 5) is 10.8. The standard InChI is InChI=1S/C12H14FNO2/c13-9-3-4-11-10(7-9)8(6-12(15)16)2-1-5-14-11/h3-4,7-8,14H,1-2,5-6H2,(H,15,16). The molecule has 0 spiro atoms. The Morgan fingerprint density at radius 2 is 2.38 bits per heavy atom. The molecule has 2 N–H and O–H groups in total. The molecule has 3 nitrogen and oxygen atoms in total. The number of benzene rings is 1. The summed E-state index contributed by atoms with van der Waals surface area (Å²) < 4.78 is 13.2. The van der Waals surface area contributed by atoms with E-state index in [1.807, 2.05) is 0 Å². The first-order valence-electron chi connectivity index (χ1n) is 5.42. The SMILES string of the molecule is O=C(O)CC1CCCNc2ccc(F)cc21. The fraction of sp³-hybridized carbons (Fsp3) is 0.417. The summed E-state index contributed by atoms with van der Waals surface area (Å²) in [7, 11) is 0. The van der Waals surface area contributed by atoms with Crippen LogP contribution in [-0.4, -0.2) is 17.6 Å². The van der Waals surface area contributed by atoms with Crippen molar-refractivity contribution in [3.8, 4) is 0 Å². The quantitative estimate of drug-likeness (QED) is 0.810. The molecule has 0 fully saturated rings. The molecular weight excluding hydrogens is 209 g/mol. The predicted molar refractivity (Wildman–Crippen MR) is 59.1 cm³/mol. The normalized spacial score (nSPS) is 19.4. The van der Waals surface area contributed by atoms with E-state index in [9.17, 15) is 9.18 Å². The van der Waals surface area contributed by atoms with Crippen LogP contribution in [0.15, 0.2) is 18.2 Å². The predicted octanol–water partition coefficient (Wildman–Crippen LogP) is 2.59. The molecule has 0 bridgehead atoms. The zero-order chi connectivity index (χ0) is 11.5. The zero-order valence-corrected chi connectivity index (χ0v) is 8.87. The smallest absolute Gasteiger partial charge is 0.303 e. The third-order valence-electron chi connectivity index (χ3n) is 2.92. The first kappa shape index (κ1) is 10.9. The van der Waals surface area contributed by atoms with Gasteiger partial charge in [0.2, 0.25) is 0 Å². The number of nitrogens with one attached hydrogen (secondary N) is 1. The minimum Gasteiger partial charge on any atom is -0.481 e. The largest absolute Gasteiger partial charge is 0.481 e. The van der Waals surface area contributed by atoms with Gasteiger partial charge < -0.3 is 10.4 Å². The first-order valence-corrected chi connectivity index (χ1v) is 5.42. The molecule has 1 unspecified atom stereocenters. The maximum Gasteiger partial charge on any atom is 0.303 e. The van der Waals surface area contributed by atoms with Crippen molar-refractivity contribution in [2.75, 3.05) is 11.9 Å². The molecule has 1 aromatic carbocycles. The minimum absolute atomic E-state index is 0.0676. The van der Waals surface area contributed by atoms with Gasteiger partial charge in [-0.2, -0.15) is 0 Å². The summed E-state index contributed by atoms with van der Waals surface area (Å²) in [5.41, 5.74) is 1.66. The number of carboxylic acid groups (broad SMARTS) is 1. The van der Waals surface area contributed by atoms with Crippen molar-refractivity contribution in [2.24, 2.45) is 0 Å². The van der Waals surface area contributed by atoms with Crippen LogP contribution in [-0.2, 0) is 4.79 Å². The number of anilines is 1. The summed E-state index contributed by atoms with van der Waals surface area (Å²) in [6.45, 7) is 0.814. The van der Waals surface area contributed by atoms with Crippen molar-refractivity contribution in [3.63, 3.8) is 0 Å². The van der Waals surface area contributed by atoms with Crippen molar-refractivity contribution in [3.05, 3.63) is 29.6 Å². The van der Waals surface area contributed by atoms with E-state index in [0.717, 1.165) is 30.6 Å². The van der Waals surface area contributed by atoms with Gasteiger partial charge in [-0.3, -0.25) is 4.79 Å². The van der Waals surface area contributed by atoms with Crippen LogP contribution in [0.1, 0.15) is 30.7 Å². The summed E-state index contributed by atoms with van der Waals surface area (Å²) in [6.07, 6.45) is 1.77. The number of aliphatic carboxylic acids is 1. The molecule has 16 heavy (non-hydrogen) atoms. The molecule has 0 radical (unpaired) electrons. The van der Waals surface area contributed by atoms with E-state index in [1.165, 1.54) is 12.1 Å². The van der Waals surface area contributed by atoms with Gasteiger partial charge in [0.1, 0.15) is 5.82 Å². The Kier molecular flexibility index (Phi) is 3.08. The molecule has 0 saturated heterocycles. The number of halogens is 1. The second kappa shape index (κ2) is 4.51. The number of carbonyl (C=O) groups is 1. The van der Waals surface area contributed by atoms with Gasteiger partial charge >= 0.3 is 5.97 Å². The van der Waals surface area contributed by atoms with Crippen molar-refractivity contribution >= 4 is 11.7 Å². The molecule has 0 saturated carbocycles. The van der Waals surface area contributed by atoms with Gasteiger partial charge in [-0.15, -0.1) is 0 Å². The molecule has 1 aliphatic heterocycles. The molecule has 1 aromatic rings. The van der Waals surface area contributed by atoms with E-state index >= 15 is 0 Å². The summed E-state index contributed by atoms with van der Waals surface area (Å²) in [6, 6.07) is 4.53. The highest BCUT2D eigenvalue weighted by Crippen LogP contribution is 2.33. The first-order chi connectivity index (χ1) is 7.66. The number of hydrogen-bond donors (Lipinski definition) is 2. The van der Waals surface area contributed by atoms with E-state index in [1.54, 1.807) is 6.07 Å². The molecule has 0 aliphatic carbocycles. The molecule has 2 rings (SSSR count). The van der Waals surface area contributed by atoms with Crippen molar-refractivity contribution < 1.29 is 14.3 Å². The van der Waals surface area contributed by atoms with Gasteiger partial charge in [0.05, 0.1) is 6.42 Å². The Morgan fingerprint density at radius 3 is 3.12 bits per heavy atom. The van der Waals surface area contributed by atoms with Gasteiger partial charge in [0.25, 0.3) is 0 Å². The Balaban J connectivity index is 2.34. The molecule has 86 valence electrons. The lowest BCUT2D eigenvalue weighted by molar-refractivity contribution is -0.137. The van der Waals surface area contributed by atoms with E-state index < -0.39 is 5.97 Å². The maximum absolute atomic E-state index is 13.2. The van der Waals surface area contributed by atoms with Crippen LogP contribution in [0.5, 0.6) is 0 Å². The Hall–Kier alpha value is -1.58. The number of rotatable bonds is 2. The van der Waals surface area contributed by atoms with E-state index in [-0.39, 0.29) is 18.2 Å². The minimum atomic E-state index is -0.831. The molecule has 1 atom stereocenters. The van der Waals surface area contributed by atoms with Crippen molar-refractivity contribution in [1.82, 2.24) is 0 Å². The van der Waals surface area contributed by atoms with Gasteiger partial charge in [-0.05, 0) is 42.5 Å². The van der Waals surface area contributed by atoms with Gasteiger partial charge in [-0.1, -0.05) is 0 Å². The fourth-order valence-electron chi connectivity index (χ4n) is 2.18. The monoisotopic (exact) mass is 223 g/mol. The van der Waals surface area contributed by atoms with Gasteiger partial charge in [0, 0.05) is 12.2 Å². The molecule has 0 amide bonds. The lowest BCUT2D eigenvalue weighted by Gasteiger charge is -2.15. The topological polar surface area (TPSA) is 49.3 Å². The van der Waals surface area contributed by atoms with Crippen LogP contribution < -0.4 is 5.32 Å². The molecule has 1 aliphatic rings. The third kappa shape index (κ3) is 2.32. The van der Waals surface area contributed by atoms with Crippen molar-refractivity contribution in [1.29, 1.82) is 0 Å². The highest BCUT2D eigenvalue weighted by molar-refractivity contribution is 5.69. The van der Waals surface area contributed by atoms with Crippen LogP contribution in [0, 0.1) is 5.82 Å². The van der Waals surface area contributed by atoms with Gasteiger partial charge in [-0.25, -0.2) is 4.39 Å². The number of fused-ring (bicyclic) bond motifs is 1. The fourth-order valence-corrected chi connectivity index (χ4v) is 2.18. The number of carboxylic acids is 1. The summed E-state index contributed by atoms with van der Waals surface area (Å²) in [5, 5.41) is 12.0. The van der Waals surface area contributed by atoms with Crippen LogP contribution in [0.25, 0.3) is 0 Å². The van der Waals surface area contributed by atoms with Crippen molar-refractivity contribution in [2.45, 2.75) is 25.2 Å². The van der Waals surface area contributed by atoms with Crippen LogP contribution in [0.2, 0.25) is 0 Å². The molecule has 1 heterocycles. The second-order valence-electron chi connectivity index (χ2n) is 4.10. The Bertz CT molecular complexity index is 406. The average Bonchev–Trinajstić information content (AvgIpc) is 2.41. The Labute approximate surface area is 93.3 Å². The van der Waals surface area contributed by atoms with E-state index in [0.29, 0.717) is 0 Å². The molecular formula is C12H14FNO2. The van der Waals surface area contributed by atoms with Crippen LogP contribution in [0.4, 0.5) is 10.1 Å². The number of hydrogen-bond acceptors (Lipinski definition) is 2. The van der Waals surface area contributed by atoms with Crippen LogP contribution in [0.3, 0.4) is 0 Å². The lowest BCUT2D eigenvalue weighted by atomic mass is 9.91. The van der Waals surface area contributed by atoms with Crippen LogP contribution >= 0.6 is 0 Å². The zero-order valence-electron chi connectivity index (χ0n) is 8.87.